The molecule has 0 N–H and O–H groups in total. The van der Waals surface area contributed by atoms with Crippen molar-refractivity contribution in [3.63, 3.8) is 0 Å². The molecule has 2 nitrogen and oxygen atoms in total. The molecule has 0 bridgehead atoms. The van der Waals surface area contributed by atoms with Crippen LogP contribution in [-0.4, -0.2) is 48.6 Å². The maximum atomic E-state index is 4.02. The highest BCUT2D eigenvalue weighted by Gasteiger charge is 2.26. The molecule has 0 spiro atoms. The summed E-state index contributed by atoms with van der Waals surface area (Å²) in [5.41, 5.74) is 1.30. The van der Waals surface area contributed by atoms with E-state index >= 15 is 0 Å². The van der Waals surface area contributed by atoms with Gasteiger partial charge in [-0.2, -0.15) is 0 Å². The highest BCUT2D eigenvalue weighted by molar-refractivity contribution is 4.94. The summed E-state index contributed by atoms with van der Waals surface area (Å²) in [7, 11) is 0. The topological polar surface area (TPSA) is 6.48 Å². The second-order valence-electron chi connectivity index (χ2n) is 5.23. The first-order chi connectivity index (χ1) is 7.25. The van der Waals surface area contributed by atoms with Crippen molar-refractivity contribution in [3.05, 3.63) is 12.2 Å². The van der Waals surface area contributed by atoms with Crippen LogP contribution in [0.5, 0.6) is 0 Å². The number of hydrogen-bond acceptors (Lipinski definition) is 2. The van der Waals surface area contributed by atoms with Gasteiger partial charge >= 0.3 is 0 Å². The lowest BCUT2D eigenvalue weighted by Gasteiger charge is -2.37. The van der Waals surface area contributed by atoms with Crippen LogP contribution in [0.1, 0.15) is 32.6 Å². The summed E-state index contributed by atoms with van der Waals surface area (Å²) in [5.74, 6) is 0. The van der Waals surface area contributed by atoms with Crippen LogP contribution in [0.15, 0.2) is 12.2 Å². The molecule has 2 aliphatic rings. The Kier molecular flexibility index (Phi) is 3.81. The number of piperidine rings is 1. The lowest BCUT2D eigenvalue weighted by molar-refractivity contribution is 0.122. The first-order valence-corrected chi connectivity index (χ1v) is 6.36. The Labute approximate surface area is 93.9 Å². The Balaban J connectivity index is 1.83. The van der Waals surface area contributed by atoms with E-state index in [-0.39, 0.29) is 0 Å². The molecular formula is C13H24N2. The summed E-state index contributed by atoms with van der Waals surface area (Å²) < 4.78 is 0. The van der Waals surface area contributed by atoms with Crippen LogP contribution in [0.4, 0.5) is 0 Å². The van der Waals surface area contributed by atoms with Crippen LogP contribution in [0.2, 0.25) is 0 Å². The van der Waals surface area contributed by atoms with E-state index in [1.807, 2.05) is 0 Å². The van der Waals surface area contributed by atoms with Gasteiger partial charge in [-0.05, 0) is 52.2 Å². The minimum atomic E-state index is 0.834. The first kappa shape index (κ1) is 11.2. The van der Waals surface area contributed by atoms with Crippen molar-refractivity contribution < 1.29 is 0 Å². The number of nitrogens with zero attached hydrogens (tertiary/aromatic N) is 2. The molecule has 0 aliphatic carbocycles. The summed E-state index contributed by atoms with van der Waals surface area (Å²) in [4.78, 5) is 5.28. The highest BCUT2D eigenvalue weighted by atomic mass is 15.2. The first-order valence-electron chi connectivity index (χ1n) is 6.36. The lowest BCUT2D eigenvalue weighted by Crippen LogP contribution is -2.47. The van der Waals surface area contributed by atoms with Gasteiger partial charge in [-0.25, -0.2) is 0 Å². The van der Waals surface area contributed by atoms with Crippen molar-refractivity contribution in [3.8, 4) is 0 Å². The third-order valence-corrected chi connectivity index (χ3v) is 3.63. The molecule has 2 heterocycles. The zero-order chi connectivity index (χ0) is 10.7. The van der Waals surface area contributed by atoms with Gasteiger partial charge in [0.05, 0.1) is 0 Å². The van der Waals surface area contributed by atoms with Gasteiger partial charge in [0.1, 0.15) is 0 Å². The Hall–Kier alpha value is -0.340. The molecule has 2 heteroatoms. The molecule has 2 rings (SSSR count). The fourth-order valence-corrected chi connectivity index (χ4v) is 2.96. The fraction of sp³-hybridized carbons (Fsp3) is 0.846. The lowest BCUT2D eigenvalue weighted by atomic mass is 10.0. The second-order valence-corrected chi connectivity index (χ2v) is 5.23. The molecule has 86 valence electrons. The van der Waals surface area contributed by atoms with E-state index < -0.39 is 0 Å². The molecule has 1 unspecified atom stereocenters. The molecular weight excluding hydrogens is 184 g/mol. The Morgan fingerprint density at radius 2 is 1.93 bits per heavy atom. The molecule has 0 aromatic carbocycles. The monoisotopic (exact) mass is 208 g/mol. The smallest absolute Gasteiger partial charge is 0.0223 e. The van der Waals surface area contributed by atoms with Gasteiger partial charge in [0.2, 0.25) is 0 Å². The molecule has 0 aromatic rings. The fourth-order valence-electron chi connectivity index (χ4n) is 2.96. The Morgan fingerprint density at radius 3 is 2.60 bits per heavy atom. The van der Waals surface area contributed by atoms with Gasteiger partial charge in [0.15, 0.2) is 0 Å². The van der Waals surface area contributed by atoms with Gasteiger partial charge in [-0.3, -0.25) is 9.80 Å². The molecule has 2 aliphatic heterocycles. The van der Waals surface area contributed by atoms with Crippen LogP contribution < -0.4 is 0 Å². The summed E-state index contributed by atoms with van der Waals surface area (Å²) in [6.07, 6.45) is 5.61. The SMILES string of the molecule is C=C(C)CN1CCCC(N2CCCC2)C1. The maximum absolute atomic E-state index is 4.02. The van der Waals surface area contributed by atoms with Gasteiger partial charge in [0.25, 0.3) is 0 Å². The summed E-state index contributed by atoms with van der Waals surface area (Å²) in [5, 5.41) is 0. The average molecular weight is 208 g/mol. The van der Waals surface area contributed by atoms with Gasteiger partial charge in [0, 0.05) is 19.1 Å². The van der Waals surface area contributed by atoms with E-state index in [1.165, 1.54) is 57.4 Å². The molecule has 0 saturated carbocycles. The second kappa shape index (κ2) is 5.13. The summed E-state index contributed by atoms with van der Waals surface area (Å²) in [6, 6.07) is 0.834. The largest absolute Gasteiger partial charge is 0.299 e. The van der Waals surface area contributed by atoms with Gasteiger partial charge < -0.3 is 0 Å². The van der Waals surface area contributed by atoms with E-state index in [0.29, 0.717) is 0 Å². The zero-order valence-corrected chi connectivity index (χ0v) is 10.0. The van der Waals surface area contributed by atoms with Crippen LogP contribution in [0.25, 0.3) is 0 Å². The quantitative estimate of drug-likeness (QED) is 0.656. The highest BCUT2D eigenvalue weighted by Crippen LogP contribution is 2.20. The minimum Gasteiger partial charge on any atom is -0.299 e. The van der Waals surface area contributed by atoms with Crippen molar-refractivity contribution in [1.82, 2.24) is 9.80 Å². The van der Waals surface area contributed by atoms with Crippen molar-refractivity contribution in [2.24, 2.45) is 0 Å². The van der Waals surface area contributed by atoms with E-state index in [2.05, 4.69) is 23.3 Å². The molecule has 0 aromatic heterocycles. The van der Waals surface area contributed by atoms with E-state index in [1.54, 1.807) is 0 Å². The normalized spacial score (nSPS) is 29.5. The predicted octanol–water partition coefficient (Wildman–Crippen LogP) is 2.12. The van der Waals surface area contributed by atoms with E-state index in [4.69, 9.17) is 0 Å². The molecule has 1 atom stereocenters. The van der Waals surface area contributed by atoms with Crippen molar-refractivity contribution >= 4 is 0 Å². The third kappa shape index (κ3) is 3.05. The standard InChI is InChI=1S/C13H24N2/c1-12(2)10-14-7-5-6-13(11-14)15-8-3-4-9-15/h13H,1,3-11H2,2H3. The molecule has 0 radical (unpaired) electrons. The molecule has 2 fully saturated rings. The van der Waals surface area contributed by atoms with Gasteiger partial charge in [-0.1, -0.05) is 12.2 Å². The zero-order valence-electron chi connectivity index (χ0n) is 10.0. The molecule has 15 heavy (non-hydrogen) atoms. The third-order valence-electron chi connectivity index (χ3n) is 3.63. The van der Waals surface area contributed by atoms with E-state index in [9.17, 15) is 0 Å². The number of hydrogen-bond donors (Lipinski definition) is 0. The summed E-state index contributed by atoms with van der Waals surface area (Å²) in [6.45, 7) is 12.5. The van der Waals surface area contributed by atoms with Crippen molar-refractivity contribution in [2.45, 2.75) is 38.6 Å². The van der Waals surface area contributed by atoms with Crippen molar-refractivity contribution in [2.75, 3.05) is 32.7 Å². The van der Waals surface area contributed by atoms with Crippen LogP contribution in [0.3, 0.4) is 0 Å². The van der Waals surface area contributed by atoms with Crippen LogP contribution >= 0.6 is 0 Å². The van der Waals surface area contributed by atoms with E-state index in [0.717, 1.165) is 12.6 Å². The Bertz CT molecular complexity index is 219. The predicted molar refractivity (Wildman–Crippen MR) is 65.1 cm³/mol. The minimum absolute atomic E-state index is 0.834. The average Bonchev–Trinajstić information content (AvgIpc) is 2.69. The molecule has 0 amide bonds. The molecule has 2 saturated heterocycles. The van der Waals surface area contributed by atoms with Crippen LogP contribution in [0, 0.1) is 0 Å². The number of likely N-dealkylation sites (tertiary alicyclic amines) is 2. The Morgan fingerprint density at radius 1 is 1.20 bits per heavy atom. The van der Waals surface area contributed by atoms with Gasteiger partial charge in [-0.15, -0.1) is 0 Å². The van der Waals surface area contributed by atoms with Crippen LogP contribution in [-0.2, 0) is 0 Å². The summed E-state index contributed by atoms with van der Waals surface area (Å²) >= 11 is 0. The maximum Gasteiger partial charge on any atom is 0.0223 e. The number of rotatable bonds is 3. The van der Waals surface area contributed by atoms with Crippen molar-refractivity contribution in [1.29, 1.82) is 0 Å².